The summed E-state index contributed by atoms with van der Waals surface area (Å²) in [6, 6.07) is 0. The number of hydrogen-bond acceptors (Lipinski definition) is 6. The van der Waals surface area contributed by atoms with Gasteiger partial charge in [0.25, 0.3) is 0 Å². The van der Waals surface area contributed by atoms with Gasteiger partial charge in [-0.3, -0.25) is 14.4 Å². The summed E-state index contributed by atoms with van der Waals surface area (Å²) in [6.07, 6.45) is 77.5. The van der Waals surface area contributed by atoms with Gasteiger partial charge in [0.2, 0.25) is 0 Å². The van der Waals surface area contributed by atoms with E-state index in [1.54, 1.807) is 0 Å². The summed E-state index contributed by atoms with van der Waals surface area (Å²) in [6.45, 7) is 6.40. The van der Waals surface area contributed by atoms with Gasteiger partial charge >= 0.3 is 17.9 Å². The van der Waals surface area contributed by atoms with Gasteiger partial charge in [-0.25, -0.2) is 0 Å². The zero-order chi connectivity index (χ0) is 50.0. The van der Waals surface area contributed by atoms with Crippen molar-refractivity contribution in [3.8, 4) is 0 Å². The van der Waals surface area contributed by atoms with E-state index in [0.717, 1.165) is 148 Å². The molecular formula is C63H102O6. The first-order valence-corrected chi connectivity index (χ1v) is 28.0. The molecule has 0 rings (SSSR count). The van der Waals surface area contributed by atoms with Crippen molar-refractivity contribution in [3.63, 3.8) is 0 Å². The lowest BCUT2D eigenvalue weighted by molar-refractivity contribution is -0.167. The van der Waals surface area contributed by atoms with Gasteiger partial charge in [-0.15, -0.1) is 0 Å². The molecule has 0 radical (unpaired) electrons. The number of rotatable bonds is 49. The zero-order valence-electron chi connectivity index (χ0n) is 44.5. The fourth-order valence-corrected chi connectivity index (χ4v) is 7.21. The van der Waals surface area contributed by atoms with E-state index in [2.05, 4.69) is 142 Å². The number of esters is 3. The molecule has 0 fully saturated rings. The van der Waals surface area contributed by atoms with Crippen LogP contribution in [0.2, 0.25) is 0 Å². The van der Waals surface area contributed by atoms with Crippen LogP contribution in [0.3, 0.4) is 0 Å². The number of ether oxygens (including phenoxy) is 3. The topological polar surface area (TPSA) is 78.9 Å². The van der Waals surface area contributed by atoms with Crippen molar-refractivity contribution >= 4 is 17.9 Å². The zero-order valence-corrected chi connectivity index (χ0v) is 44.5. The molecule has 0 aromatic rings. The van der Waals surface area contributed by atoms with Gasteiger partial charge in [0.1, 0.15) is 13.2 Å². The highest BCUT2D eigenvalue weighted by Crippen LogP contribution is 2.13. The number of carbonyl (C=O) groups is 3. The molecule has 0 heterocycles. The van der Waals surface area contributed by atoms with Gasteiger partial charge < -0.3 is 14.2 Å². The third-order valence-electron chi connectivity index (χ3n) is 11.4. The van der Waals surface area contributed by atoms with E-state index in [9.17, 15) is 14.4 Å². The SMILES string of the molecule is CC/C=C\C/C=C\C/C=C\C/C=C\C/C=C\CCCCCC(=O)OC[C@H](COC(=O)CCCCCCC/C=C\C/C=C\CCCCC)OC(=O)CCCCCC/C=C\C/C=C\C/C=C\CCCCC. The third-order valence-corrected chi connectivity index (χ3v) is 11.4. The first-order chi connectivity index (χ1) is 34.0. The molecule has 0 unspecified atom stereocenters. The van der Waals surface area contributed by atoms with Crippen LogP contribution >= 0.6 is 0 Å². The Bertz CT molecular complexity index is 1470. The van der Waals surface area contributed by atoms with Gasteiger partial charge in [-0.05, 0) is 135 Å². The molecule has 0 aliphatic carbocycles. The summed E-state index contributed by atoms with van der Waals surface area (Å²) in [5, 5.41) is 0. The molecule has 0 spiro atoms. The van der Waals surface area contributed by atoms with Gasteiger partial charge in [0, 0.05) is 19.3 Å². The van der Waals surface area contributed by atoms with Crippen molar-refractivity contribution in [3.05, 3.63) is 122 Å². The Balaban J connectivity index is 4.54. The Morgan fingerprint density at radius 1 is 0.304 bits per heavy atom. The van der Waals surface area contributed by atoms with E-state index >= 15 is 0 Å². The number of hydrogen-bond donors (Lipinski definition) is 0. The lowest BCUT2D eigenvalue weighted by Crippen LogP contribution is -2.30. The summed E-state index contributed by atoms with van der Waals surface area (Å²) < 4.78 is 16.8. The summed E-state index contributed by atoms with van der Waals surface area (Å²) >= 11 is 0. The molecule has 0 amide bonds. The average molecular weight is 956 g/mol. The van der Waals surface area contributed by atoms with Crippen LogP contribution in [0.4, 0.5) is 0 Å². The van der Waals surface area contributed by atoms with Crippen molar-refractivity contribution in [2.75, 3.05) is 13.2 Å². The largest absolute Gasteiger partial charge is 0.462 e. The Morgan fingerprint density at radius 3 is 0.899 bits per heavy atom. The molecule has 6 nitrogen and oxygen atoms in total. The van der Waals surface area contributed by atoms with E-state index in [1.165, 1.54) is 51.4 Å². The van der Waals surface area contributed by atoms with Gasteiger partial charge in [-0.1, -0.05) is 206 Å². The Hall–Kier alpha value is -4.19. The maximum Gasteiger partial charge on any atom is 0.306 e. The molecular weight excluding hydrogens is 853 g/mol. The molecule has 69 heavy (non-hydrogen) atoms. The summed E-state index contributed by atoms with van der Waals surface area (Å²) in [7, 11) is 0. The molecule has 0 bridgehead atoms. The minimum atomic E-state index is -0.814. The minimum Gasteiger partial charge on any atom is -0.462 e. The summed E-state index contributed by atoms with van der Waals surface area (Å²) in [4.78, 5) is 38.1. The quantitative estimate of drug-likeness (QED) is 0.0262. The molecule has 0 N–H and O–H groups in total. The summed E-state index contributed by atoms with van der Waals surface area (Å²) in [5.74, 6) is -0.980. The Morgan fingerprint density at radius 2 is 0.565 bits per heavy atom. The van der Waals surface area contributed by atoms with E-state index in [4.69, 9.17) is 14.2 Å². The van der Waals surface area contributed by atoms with Crippen molar-refractivity contribution in [1.29, 1.82) is 0 Å². The van der Waals surface area contributed by atoms with Crippen LogP contribution < -0.4 is 0 Å². The number of carbonyl (C=O) groups excluding carboxylic acids is 3. The molecule has 0 aromatic carbocycles. The molecule has 0 aliphatic heterocycles. The second-order valence-corrected chi connectivity index (χ2v) is 18.1. The van der Waals surface area contributed by atoms with Crippen molar-refractivity contribution in [1.82, 2.24) is 0 Å². The van der Waals surface area contributed by atoms with E-state index in [0.29, 0.717) is 12.8 Å². The molecule has 1 atom stereocenters. The van der Waals surface area contributed by atoms with Crippen LogP contribution in [0, 0.1) is 0 Å². The molecule has 390 valence electrons. The van der Waals surface area contributed by atoms with Crippen LogP contribution in [-0.4, -0.2) is 37.2 Å². The van der Waals surface area contributed by atoms with Crippen LogP contribution in [0.5, 0.6) is 0 Å². The minimum absolute atomic E-state index is 0.108. The van der Waals surface area contributed by atoms with Crippen molar-refractivity contribution in [2.45, 2.75) is 245 Å². The Kier molecular flexibility index (Phi) is 53.0. The highest BCUT2D eigenvalue weighted by atomic mass is 16.6. The highest BCUT2D eigenvalue weighted by molar-refractivity contribution is 5.71. The second-order valence-electron chi connectivity index (χ2n) is 18.1. The molecule has 0 saturated heterocycles. The van der Waals surface area contributed by atoms with Gasteiger partial charge in [-0.2, -0.15) is 0 Å². The number of unbranched alkanes of at least 4 members (excludes halogenated alkanes) is 18. The number of allylic oxidation sites excluding steroid dienone is 20. The maximum absolute atomic E-state index is 12.8. The van der Waals surface area contributed by atoms with Crippen molar-refractivity contribution < 1.29 is 28.6 Å². The third kappa shape index (κ3) is 54.6. The van der Waals surface area contributed by atoms with E-state index in [1.807, 2.05) is 0 Å². The molecule has 6 heteroatoms. The standard InChI is InChI=1S/C63H102O6/c1-4-7-10-13-16-19-22-25-28-30-31-33-35-38-41-44-47-50-53-56-62(65)68-59-60(58-67-61(64)55-52-49-46-43-40-37-34-27-24-21-18-15-12-9-6-3)69-63(66)57-54-51-48-45-42-39-36-32-29-26-23-20-17-14-11-8-5-2/h7,10,16-21,25-29,31,33-34,36,38-39,41,60H,4-6,8-9,11-15,22-24,30,32,35,37,40,42-59H2,1-3H3/b10-7-,19-16-,20-17-,21-18-,28-25-,29-26-,33-31-,34-27-,39-36-,41-38-/t60-/m0/s1. The monoisotopic (exact) mass is 955 g/mol. The normalized spacial score (nSPS) is 13.0. The lowest BCUT2D eigenvalue weighted by Gasteiger charge is -2.18. The first-order valence-electron chi connectivity index (χ1n) is 28.0. The van der Waals surface area contributed by atoms with Crippen LogP contribution in [0.25, 0.3) is 0 Å². The van der Waals surface area contributed by atoms with E-state index in [-0.39, 0.29) is 37.5 Å². The smallest absolute Gasteiger partial charge is 0.306 e. The second kappa shape index (κ2) is 56.4. The molecule has 0 aliphatic rings. The predicted molar refractivity (Wildman–Crippen MR) is 297 cm³/mol. The molecule has 0 aromatic heterocycles. The average Bonchev–Trinajstić information content (AvgIpc) is 3.35. The van der Waals surface area contributed by atoms with Gasteiger partial charge in [0.15, 0.2) is 6.10 Å². The predicted octanol–water partition coefficient (Wildman–Crippen LogP) is 18.9. The maximum atomic E-state index is 12.8. The van der Waals surface area contributed by atoms with Crippen LogP contribution in [0.1, 0.15) is 239 Å². The van der Waals surface area contributed by atoms with Crippen LogP contribution in [-0.2, 0) is 28.6 Å². The molecule has 0 saturated carbocycles. The lowest BCUT2D eigenvalue weighted by atomic mass is 10.1. The fourth-order valence-electron chi connectivity index (χ4n) is 7.21. The summed E-state index contributed by atoms with van der Waals surface area (Å²) in [5.41, 5.74) is 0. The fraction of sp³-hybridized carbons (Fsp3) is 0.635. The van der Waals surface area contributed by atoms with Gasteiger partial charge in [0.05, 0.1) is 0 Å². The van der Waals surface area contributed by atoms with Crippen molar-refractivity contribution in [2.24, 2.45) is 0 Å². The van der Waals surface area contributed by atoms with E-state index < -0.39 is 6.10 Å². The van der Waals surface area contributed by atoms with Crippen LogP contribution in [0.15, 0.2) is 122 Å². The highest BCUT2D eigenvalue weighted by Gasteiger charge is 2.19. The Labute approximate surface area is 424 Å². The first kappa shape index (κ1) is 64.8.